The van der Waals surface area contributed by atoms with E-state index in [2.05, 4.69) is 5.32 Å². The minimum absolute atomic E-state index is 0.164. The molecule has 0 atom stereocenters. The Bertz CT molecular complexity index is 537. The first-order chi connectivity index (χ1) is 7.72. The van der Waals surface area contributed by atoms with E-state index in [0.717, 1.165) is 5.39 Å². The lowest BCUT2D eigenvalue weighted by Crippen LogP contribution is -2.15. The highest BCUT2D eigenvalue weighted by Crippen LogP contribution is 2.29. The maximum Gasteiger partial charge on any atom is 0.250 e. The fourth-order valence-electron chi connectivity index (χ4n) is 1.59. The van der Waals surface area contributed by atoms with E-state index in [0.29, 0.717) is 11.1 Å². The fraction of sp³-hybridized carbons (Fsp3) is 0.0833. The SMILES string of the molecule is O=C(CO)Nc1cccc2c(O)cccc12. The topological polar surface area (TPSA) is 69.6 Å². The van der Waals surface area contributed by atoms with Crippen molar-refractivity contribution in [3.05, 3.63) is 36.4 Å². The zero-order valence-corrected chi connectivity index (χ0v) is 8.47. The normalized spacial score (nSPS) is 10.3. The molecule has 0 aliphatic rings. The Balaban J connectivity index is 2.54. The minimum atomic E-state index is -0.560. The molecule has 0 saturated heterocycles. The molecule has 0 unspecified atom stereocenters. The Labute approximate surface area is 92.1 Å². The first kappa shape index (κ1) is 10.4. The third-order valence-corrected chi connectivity index (χ3v) is 2.32. The van der Waals surface area contributed by atoms with E-state index in [1.165, 1.54) is 0 Å². The third kappa shape index (κ3) is 1.83. The van der Waals surface area contributed by atoms with Crippen LogP contribution in [0.2, 0.25) is 0 Å². The number of hydrogen-bond acceptors (Lipinski definition) is 3. The van der Waals surface area contributed by atoms with E-state index in [1.807, 2.05) is 0 Å². The molecule has 0 radical (unpaired) electrons. The molecule has 16 heavy (non-hydrogen) atoms. The third-order valence-electron chi connectivity index (χ3n) is 2.32. The Kier molecular flexibility index (Phi) is 2.74. The van der Waals surface area contributed by atoms with Crippen molar-refractivity contribution in [2.24, 2.45) is 0 Å². The van der Waals surface area contributed by atoms with Crippen LogP contribution in [0, 0.1) is 0 Å². The maximum absolute atomic E-state index is 11.1. The van der Waals surface area contributed by atoms with Gasteiger partial charge < -0.3 is 15.5 Å². The van der Waals surface area contributed by atoms with Gasteiger partial charge in [0.05, 0.1) is 0 Å². The number of phenolic OH excluding ortho intramolecular Hbond substituents is 1. The van der Waals surface area contributed by atoms with Gasteiger partial charge in [0, 0.05) is 16.5 Å². The summed E-state index contributed by atoms with van der Waals surface area (Å²) < 4.78 is 0. The number of hydrogen-bond donors (Lipinski definition) is 3. The first-order valence-corrected chi connectivity index (χ1v) is 4.84. The van der Waals surface area contributed by atoms with Gasteiger partial charge in [0.1, 0.15) is 12.4 Å². The molecular weight excluding hydrogens is 206 g/mol. The highest BCUT2D eigenvalue weighted by Gasteiger charge is 2.06. The molecule has 0 heterocycles. The summed E-state index contributed by atoms with van der Waals surface area (Å²) in [6.45, 7) is -0.560. The summed E-state index contributed by atoms with van der Waals surface area (Å²) in [5.74, 6) is -0.312. The average molecular weight is 217 g/mol. The van der Waals surface area contributed by atoms with E-state index < -0.39 is 12.5 Å². The molecule has 2 aromatic carbocycles. The van der Waals surface area contributed by atoms with Crippen LogP contribution in [0.5, 0.6) is 5.75 Å². The van der Waals surface area contributed by atoms with Crippen molar-refractivity contribution >= 4 is 22.4 Å². The van der Waals surface area contributed by atoms with Crippen molar-refractivity contribution in [2.45, 2.75) is 0 Å². The molecule has 1 amide bonds. The number of amides is 1. The van der Waals surface area contributed by atoms with Gasteiger partial charge in [-0.3, -0.25) is 4.79 Å². The molecule has 0 fully saturated rings. The van der Waals surface area contributed by atoms with Gasteiger partial charge in [0.25, 0.3) is 0 Å². The lowest BCUT2D eigenvalue weighted by Gasteiger charge is -2.08. The van der Waals surface area contributed by atoms with Gasteiger partial charge in [-0.2, -0.15) is 0 Å². The standard InChI is InChI=1S/C12H11NO3/c14-7-12(16)13-10-5-1-4-9-8(10)3-2-6-11(9)15/h1-6,14-15H,7H2,(H,13,16). The number of aliphatic hydroxyl groups is 1. The number of carbonyl (C=O) groups excluding carboxylic acids is 1. The summed E-state index contributed by atoms with van der Waals surface area (Å²) in [6, 6.07) is 10.3. The average Bonchev–Trinajstić information content (AvgIpc) is 2.30. The number of aliphatic hydroxyl groups excluding tert-OH is 1. The van der Waals surface area contributed by atoms with Crippen molar-refractivity contribution in [1.82, 2.24) is 0 Å². The summed E-state index contributed by atoms with van der Waals surface area (Å²) in [5, 5.41) is 22.3. The largest absolute Gasteiger partial charge is 0.507 e. The van der Waals surface area contributed by atoms with Crippen LogP contribution >= 0.6 is 0 Å². The second-order valence-electron chi connectivity index (χ2n) is 3.38. The Hall–Kier alpha value is -2.07. The summed E-state index contributed by atoms with van der Waals surface area (Å²) in [7, 11) is 0. The van der Waals surface area contributed by atoms with Crippen LogP contribution in [-0.4, -0.2) is 22.7 Å². The molecule has 0 saturated carbocycles. The zero-order valence-electron chi connectivity index (χ0n) is 8.47. The summed E-state index contributed by atoms with van der Waals surface area (Å²) in [6.07, 6.45) is 0. The molecule has 2 aromatic rings. The van der Waals surface area contributed by atoms with Crippen LogP contribution in [0.3, 0.4) is 0 Å². The van der Waals surface area contributed by atoms with E-state index >= 15 is 0 Å². The van der Waals surface area contributed by atoms with Gasteiger partial charge >= 0.3 is 0 Å². The second kappa shape index (κ2) is 4.20. The number of aromatic hydroxyl groups is 1. The quantitative estimate of drug-likeness (QED) is 0.713. The second-order valence-corrected chi connectivity index (χ2v) is 3.38. The van der Waals surface area contributed by atoms with Gasteiger partial charge in [-0.15, -0.1) is 0 Å². The lowest BCUT2D eigenvalue weighted by atomic mass is 10.1. The van der Waals surface area contributed by atoms with Crippen molar-refractivity contribution in [3.8, 4) is 5.75 Å². The number of carbonyl (C=O) groups is 1. The molecule has 4 nitrogen and oxygen atoms in total. The molecule has 0 aromatic heterocycles. The van der Waals surface area contributed by atoms with Gasteiger partial charge in [0.2, 0.25) is 5.91 Å². The summed E-state index contributed by atoms with van der Waals surface area (Å²) >= 11 is 0. The molecule has 2 rings (SSSR count). The van der Waals surface area contributed by atoms with Crippen LogP contribution in [0.25, 0.3) is 10.8 Å². The monoisotopic (exact) mass is 217 g/mol. The molecule has 0 aliphatic carbocycles. The summed E-state index contributed by atoms with van der Waals surface area (Å²) in [5.41, 5.74) is 0.576. The van der Waals surface area contributed by atoms with Gasteiger partial charge in [-0.05, 0) is 12.1 Å². The smallest absolute Gasteiger partial charge is 0.250 e. The van der Waals surface area contributed by atoms with E-state index in [-0.39, 0.29) is 5.75 Å². The van der Waals surface area contributed by atoms with E-state index in [4.69, 9.17) is 5.11 Å². The maximum atomic E-state index is 11.1. The molecular formula is C12H11NO3. The molecule has 0 aliphatic heterocycles. The van der Waals surface area contributed by atoms with Crippen molar-refractivity contribution in [3.63, 3.8) is 0 Å². The minimum Gasteiger partial charge on any atom is -0.507 e. The molecule has 4 heteroatoms. The number of phenols is 1. The molecule has 3 N–H and O–H groups in total. The van der Waals surface area contributed by atoms with Gasteiger partial charge in [0.15, 0.2) is 0 Å². The summed E-state index contributed by atoms with van der Waals surface area (Å²) in [4.78, 5) is 11.1. The fourth-order valence-corrected chi connectivity index (χ4v) is 1.59. The van der Waals surface area contributed by atoms with Crippen LogP contribution < -0.4 is 5.32 Å². The number of rotatable bonds is 2. The first-order valence-electron chi connectivity index (χ1n) is 4.84. The zero-order chi connectivity index (χ0) is 11.5. The van der Waals surface area contributed by atoms with E-state index in [9.17, 15) is 9.90 Å². The Morgan fingerprint density at radius 2 is 1.81 bits per heavy atom. The molecule has 82 valence electrons. The van der Waals surface area contributed by atoms with Gasteiger partial charge in [-0.25, -0.2) is 0 Å². The number of fused-ring (bicyclic) bond motifs is 1. The highest BCUT2D eigenvalue weighted by atomic mass is 16.3. The van der Waals surface area contributed by atoms with Crippen molar-refractivity contribution in [1.29, 1.82) is 0 Å². The van der Waals surface area contributed by atoms with Crippen molar-refractivity contribution < 1.29 is 15.0 Å². The lowest BCUT2D eigenvalue weighted by molar-refractivity contribution is -0.118. The number of benzene rings is 2. The van der Waals surface area contributed by atoms with Crippen molar-refractivity contribution in [2.75, 3.05) is 11.9 Å². The van der Waals surface area contributed by atoms with Crippen LogP contribution in [-0.2, 0) is 4.79 Å². The van der Waals surface area contributed by atoms with Crippen LogP contribution in [0.1, 0.15) is 0 Å². The predicted molar refractivity (Wildman–Crippen MR) is 61.3 cm³/mol. The van der Waals surface area contributed by atoms with Gasteiger partial charge in [-0.1, -0.05) is 24.3 Å². The van der Waals surface area contributed by atoms with E-state index in [1.54, 1.807) is 36.4 Å². The Morgan fingerprint density at radius 3 is 2.56 bits per heavy atom. The number of anilines is 1. The number of nitrogens with one attached hydrogen (secondary N) is 1. The predicted octanol–water partition coefficient (Wildman–Crippen LogP) is 1.48. The molecule has 0 bridgehead atoms. The highest BCUT2D eigenvalue weighted by molar-refractivity contribution is 6.04. The molecule has 0 spiro atoms. The van der Waals surface area contributed by atoms with Crippen LogP contribution in [0.4, 0.5) is 5.69 Å². The van der Waals surface area contributed by atoms with Crippen LogP contribution in [0.15, 0.2) is 36.4 Å². The Morgan fingerprint density at radius 1 is 1.12 bits per heavy atom.